The molecule has 1 N–H and O–H groups in total. The Balaban J connectivity index is 1.59. The second kappa shape index (κ2) is 6.84. The Kier molecular flexibility index (Phi) is 4.64. The van der Waals surface area contributed by atoms with Crippen molar-refractivity contribution in [1.82, 2.24) is 5.32 Å². The first-order chi connectivity index (χ1) is 12.9. The zero-order valence-electron chi connectivity index (χ0n) is 15.2. The van der Waals surface area contributed by atoms with Crippen LogP contribution in [-0.4, -0.2) is 24.9 Å². The molecule has 0 aromatic rings. The van der Waals surface area contributed by atoms with E-state index in [4.69, 9.17) is 4.74 Å². The molecule has 0 aromatic carbocycles. The number of hydrogen-bond donors (Lipinski definition) is 1. The molecule has 2 aliphatic carbocycles. The third-order valence-electron chi connectivity index (χ3n) is 6.23. The third kappa shape index (κ3) is 3.44. The van der Waals surface area contributed by atoms with Gasteiger partial charge in [0.1, 0.15) is 11.5 Å². The van der Waals surface area contributed by atoms with E-state index in [1.807, 2.05) is 6.08 Å². The monoisotopic (exact) mass is 380 g/mol. The van der Waals surface area contributed by atoms with E-state index in [9.17, 15) is 18.0 Å². The molecule has 0 bridgehead atoms. The zero-order chi connectivity index (χ0) is 19.2. The maximum Gasteiger partial charge on any atom is 0.429 e. The molecule has 2 heterocycles. The number of nitrogens with zero attached hydrogens (tertiary/aromatic N) is 1. The Bertz CT molecular complexity index is 777. The van der Waals surface area contributed by atoms with E-state index in [-0.39, 0.29) is 30.1 Å². The summed E-state index contributed by atoms with van der Waals surface area (Å²) in [6.45, 7) is 0. The number of amides is 1. The van der Waals surface area contributed by atoms with Crippen molar-refractivity contribution in [1.29, 1.82) is 0 Å². The fraction of sp³-hybridized carbons (Fsp3) is 0.600. The molecule has 0 fully saturated rings. The Labute approximate surface area is 156 Å². The average Bonchev–Trinajstić information content (AvgIpc) is 2.65. The molecule has 2 aliphatic heterocycles. The Hall–Kier alpha value is -2.05. The van der Waals surface area contributed by atoms with Crippen molar-refractivity contribution < 1.29 is 22.7 Å². The lowest BCUT2D eigenvalue weighted by atomic mass is 9.67. The Morgan fingerprint density at radius 3 is 2.74 bits per heavy atom. The smallest absolute Gasteiger partial charge is 0.429 e. The molecule has 3 unspecified atom stereocenters. The van der Waals surface area contributed by atoms with Gasteiger partial charge in [-0.1, -0.05) is 6.08 Å². The van der Waals surface area contributed by atoms with Crippen LogP contribution in [0.15, 0.2) is 39.9 Å². The highest BCUT2D eigenvalue weighted by molar-refractivity contribution is 5.91. The van der Waals surface area contributed by atoms with Crippen molar-refractivity contribution in [3.8, 4) is 0 Å². The summed E-state index contributed by atoms with van der Waals surface area (Å²) in [5.74, 6) is 1.16. The van der Waals surface area contributed by atoms with Crippen LogP contribution < -0.4 is 5.32 Å². The number of rotatable bonds is 2. The molecule has 7 heteroatoms. The van der Waals surface area contributed by atoms with Crippen molar-refractivity contribution >= 4 is 11.6 Å². The molecule has 4 nitrogen and oxygen atoms in total. The highest BCUT2D eigenvalue weighted by Crippen LogP contribution is 2.48. The molecule has 0 saturated carbocycles. The van der Waals surface area contributed by atoms with Crippen LogP contribution in [-0.2, 0) is 9.53 Å². The van der Waals surface area contributed by atoms with Crippen LogP contribution >= 0.6 is 0 Å². The lowest BCUT2D eigenvalue weighted by molar-refractivity contribution is -0.120. The summed E-state index contributed by atoms with van der Waals surface area (Å²) in [6, 6.07) is 0. The van der Waals surface area contributed by atoms with Gasteiger partial charge in [-0.25, -0.2) is 4.99 Å². The highest BCUT2D eigenvalue weighted by atomic mass is 19.4. The predicted molar refractivity (Wildman–Crippen MR) is 94.6 cm³/mol. The minimum atomic E-state index is -4.38. The maximum absolute atomic E-state index is 13.2. The summed E-state index contributed by atoms with van der Waals surface area (Å²) in [6.07, 6.45) is 3.77. The van der Waals surface area contributed by atoms with E-state index >= 15 is 0 Å². The molecule has 4 rings (SSSR count). The first-order valence-corrected chi connectivity index (χ1v) is 9.48. The van der Waals surface area contributed by atoms with Crippen LogP contribution in [0.2, 0.25) is 0 Å². The van der Waals surface area contributed by atoms with E-state index in [2.05, 4.69) is 16.4 Å². The normalized spacial score (nSPS) is 31.2. The van der Waals surface area contributed by atoms with Gasteiger partial charge in [0.15, 0.2) is 0 Å². The summed E-state index contributed by atoms with van der Waals surface area (Å²) in [4.78, 5) is 15.6. The number of fused-ring (bicyclic) bond motifs is 1. The number of halogens is 3. The minimum Gasteiger partial charge on any atom is -0.499 e. The predicted octanol–water partition coefficient (Wildman–Crippen LogP) is 4.41. The molecule has 0 aromatic heterocycles. The van der Waals surface area contributed by atoms with E-state index in [0.29, 0.717) is 30.7 Å². The number of alkyl halides is 3. The minimum absolute atomic E-state index is 0.00483. The van der Waals surface area contributed by atoms with Gasteiger partial charge >= 0.3 is 6.18 Å². The van der Waals surface area contributed by atoms with E-state index in [1.54, 1.807) is 0 Å². The van der Waals surface area contributed by atoms with Crippen molar-refractivity contribution in [2.75, 3.05) is 7.11 Å². The topological polar surface area (TPSA) is 50.7 Å². The molecule has 4 aliphatic rings. The molecular weight excluding hydrogens is 357 g/mol. The molecule has 146 valence electrons. The van der Waals surface area contributed by atoms with Crippen molar-refractivity contribution in [3.63, 3.8) is 0 Å². The largest absolute Gasteiger partial charge is 0.499 e. The van der Waals surface area contributed by atoms with Crippen LogP contribution in [0.5, 0.6) is 0 Å². The van der Waals surface area contributed by atoms with Gasteiger partial charge in [0.25, 0.3) is 0 Å². The van der Waals surface area contributed by atoms with Crippen LogP contribution in [0.1, 0.15) is 44.9 Å². The van der Waals surface area contributed by atoms with Crippen LogP contribution in [0, 0.1) is 17.8 Å². The quantitative estimate of drug-likeness (QED) is 0.772. The van der Waals surface area contributed by atoms with Crippen molar-refractivity contribution in [3.05, 3.63) is 34.9 Å². The van der Waals surface area contributed by atoms with Gasteiger partial charge in [0.05, 0.1) is 12.8 Å². The van der Waals surface area contributed by atoms with E-state index in [1.165, 1.54) is 12.7 Å². The van der Waals surface area contributed by atoms with Gasteiger partial charge < -0.3 is 10.1 Å². The van der Waals surface area contributed by atoms with E-state index < -0.39 is 11.9 Å². The average molecular weight is 380 g/mol. The van der Waals surface area contributed by atoms with Crippen LogP contribution in [0.3, 0.4) is 0 Å². The van der Waals surface area contributed by atoms with E-state index in [0.717, 1.165) is 25.0 Å². The summed E-state index contributed by atoms with van der Waals surface area (Å²) in [5.41, 5.74) is 1.97. The maximum atomic E-state index is 13.2. The van der Waals surface area contributed by atoms with Gasteiger partial charge in [-0.3, -0.25) is 4.79 Å². The number of methoxy groups -OCH3 is 1. The number of nitrogens with one attached hydrogen (secondary N) is 1. The van der Waals surface area contributed by atoms with Gasteiger partial charge in [-0.15, -0.1) is 0 Å². The van der Waals surface area contributed by atoms with Crippen LogP contribution in [0.25, 0.3) is 0 Å². The first kappa shape index (κ1) is 18.3. The molecule has 0 spiro atoms. The number of allylic oxidation sites excluding steroid dienone is 5. The fourth-order valence-electron chi connectivity index (χ4n) is 4.89. The lowest BCUT2D eigenvalue weighted by Crippen LogP contribution is -2.36. The van der Waals surface area contributed by atoms with Crippen molar-refractivity contribution in [2.45, 2.75) is 51.1 Å². The summed E-state index contributed by atoms with van der Waals surface area (Å²) in [5, 5.41) is 2.91. The second-order valence-electron chi connectivity index (χ2n) is 7.71. The van der Waals surface area contributed by atoms with Gasteiger partial charge in [0, 0.05) is 24.5 Å². The number of carbonyl (C=O) groups is 1. The number of ether oxygens (including phenoxy) is 1. The summed E-state index contributed by atoms with van der Waals surface area (Å²) >= 11 is 0. The van der Waals surface area contributed by atoms with Gasteiger partial charge in [-0.05, 0) is 55.6 Å². The fourth-order valence-corrected chi connectivity index (χ4v) is 4.89. The van der Waals surface area contributed by atoms with Crippen LogP contribution in [0.4, 0.5) is 13.2 Å². The molecule has 0 saturated heterocycles. The molecular formula is C20H23F3N2O2. The number of aliphatic imine (C=N–C) groups is 1. The Morgan fingerprint density at radius 2 is 2.00 bits per heavy atom. The third-order valence-corrected chi connectivity index (χ3v) is 6.23. The lowest BCUT2D eigenvalue weighted by Gasteiger charge is -2.41. The standard InChI is InChI=1S/C20H23F3N2O2/c1-27-16-7-4-13(14-5-8-17(20(21,22)23)25-19(14)16)11-2-6-15-12(10-11)3-9-18(26)24-15/h2,6,11,13-14H,3-5,7-10H2,1H3,(H,24,26). The van der Waals surface area contributed by atoms with Gasteiger partial charge in [0.2, 0.25) is 5.91 Å². The van der Waals surface area contributed by atoms with Gasteiger partial charge in [-0.2, -0.15) is 13.2 Å². The molecule has 27 heavy (non-hydrogen) atoms. The summed E-state index contributed by atoms with van der Waals surface area (Å²) in [7, 11) is 1.51. The Morgan fingerprint density at radius 1 is 1.19 bits per heavy atom. The molecule has 0 radical (unpaired) electrons. The SMILES string of the molecule is COC1=C2N=C(C(F)(F)F)CCC2C(C2C=CC3=C(CCC(=O)N3)C2)CC1. The summed E-state index contributed by atoms with van der Waals surface area (Å²) < 4.78 is 44.8. The highest BCUT2D eigenvalue weighted by Gasteiger charge is 2.44. The number of hydrogen-bond acceptors (Lipinski definition) is 3. The second-order valence-corrected chi connectivity index (χ2v) is 7.71. The van der Waals surface area contributed by atoms with Crippen molar-refractivity contribution in [2.24, 2.45) is 22.7 Å². The first-order valence-electron chi connectivity index (χ1n) is 9.48. The molecule has 3 atom stereocenters. The number of carbonyl (C=O) groups excluding carboxylic acids is 1. The molecule has 1 amide bonds. The zero-order valence-corrected chi connectivity index (χ0v) is 15.2.